The molecule has 102 valence electrons. The summed E-state index contributed by atoms with van der Waals surface area (Å²) in [6, 6.07) is 8.33. The molecule has 3 heteroatoms. The molecule has 19 heavy (non-hydrogen) atoms. The second-order valence-electron chi connectivity index (χ2n) is 5.55. The molecular formula is C16H20O3. The molecule has 1 aromatic carbocycles. The van der Waals surface area contributed by atoms with E-state index >= 15 is 0 Å². The number of rotatable bonds is 3. The van der Waals surface area contributed by atoms with Crippen molar-refractivity contribution in [3.8, 4) is 0 Å². The minimum atomic E-state index is -0.712. The summed E-state index contributed by atoms with van der Waals surface area (Å²) in [6.45, 7) is 4.32. The van der Waals surface area contributed by atoms with Gasteiger partial charge >= 0.3 is 5.97 Å². The van der Waals surface area contributed by atoms with Crippen LogP contribution in [0.3, 0.4) is 0 Å². The third-order valence-electron chi connectivity index (χ3n) is 4.39. The molecule has 0 spiro atoms. The first-order valence-corrected chi connectivity index (χ1v) is 7.09. The minimum absolute atomic E-state index is 0.185. The highest BCUT2D eigenvalue weighted by Crippen LogP contribution is 2.64. The second kappa shape index (κ2) is 4.34. The lowest BCUT2D eigenvalue weighted by Gasteiger charge is -2.23. The Labute approximate surface area is 113 Å². The molecule has 2 atom stereocenters. The van der Waals surface area contributed by atoms with Gasteiger partial charge in [0.2, 0.25) is 0 Å². The minimum Gasteiger partial charge on any atom is -0.464 e. The Morgan fingerprint density at radius 1 is 1.26 bits per heavy atom. The molecule has 2 fully saturated rings. The first-order chi connectivity index (χ1) is 9.14. The van der Waals surface area contributed by atoms with Crippen molar-refractivity contribution in [1.82, 2.24) is 0 Å². The molecule has 0 bridgehead atoms. The van der Waals surface area contributed by atoms with Crippen LogP contribution in [0.25, 0.3) is 0 Å². The van der Waals surface area contributed by atoms with Crippen molar-refractivity contribution < 1.29 is 14.3 Å². The van der Waals surface area contributed by atoms with Gasteiger partial charge in [0.05, 0.1) is 6.61 Å². The Hall–Kier alpha value is -1.35. The Bertz CT molecular complexity index is 493. The molecule has 3 nitrogen and oxygen atoms in total. The zero-order valence-electron chi connectivity index (χ0n) is 11.6. The van der Waals surface area contributed by atoms with E-state index in [1.54, 1.807) is 0 Å². The lowest BCUT2D eigenvalue weighted by atomic mass is 9.75. The molecular weight excluding hydrogens is 240 g/mol. The van der Waals surface area contributed by atoms with Gasteiger partial charge in [0.1, 0.15) is 5.60 Å². The first-order valence-electron chi connectivity index (χ1n) is 7.09. The van der Waals surface area contributed by atoms with Crippen LogP contribution in [-0.2, 0) is 19.9 Å². The maximum Gasteiger partial charge on any atom is 0.341 e. The lowest BCUT2D eigenvalue weighted by molar-refractivity contribution is -0.150. The number of benzene rings is 1. The number of esters is 1. The number of ether oxygens (including phenoxy) is 2. The Balaban J connectivity index is 1.94. The third kappa shape index (κ3) is 1.71. The van der Waals surface area contributed by atoms with Crippen LogP contribution < -0.4 is 0 Å². The van der Waals surface area contributed by atoms with E-state index in [1.807, 2.05) is 6.92 Å². The number of carbonyl (C=O) groups excluding carboxylic acids is 1. The van der Waals surface area contributed by atoms with Gasteiger partial charge in [-0.1, -0.05) is 29.8 Å². The van der Waals surface area contributed by atoms with E-state index in [9.17, 15) is 4.79 Å². The summed E-state index contributed by atoms with van der Waals surface area (Å²) in [5.74, 6) is -0.185. The topological polar surface area (TPSA) is 38.8 Å². The lowest BCUT2D eigenvalue weighted by Crippen LogP contribution is -2.37. The predicted octanol–water partition coefficient (Wildman–Crippen LogP) is 3.10. The maximum absolute atomic E-state index is 12.3. The normalized spacial score (nSPS) is 32.5. The molecule has 1 aliphatic carbocycles. The van der Waals surface area contributed by atoms with Gasteiger partial charge in [0.25, 0.3) is 0 Å². The quantitative estimate of drug-likeness (QED) is 0.619. The van der Waals surface area contributed by atoms with Crippen LogP contribution in [0.2, 0.25) is 0 Å². The fourth-order valence-corrected chi connectivity index (χ4v) is 3.34. The average Bonchev–Trinajstić information content (AvgIpc) is 3.11. The molecule has 3 rings (SSSR count). The Morgan fingerprint density at radius 3 is 2.63 bits per heavy atom. The predicted molar refractivity (Wildman–Crippen MR) is 71.8 cm³/mol. The number of hydrogen-bond acceptors (Lipinski definition) is 3. The van der Waals surface area contributed by atoms with E-state index in [-0.39, 0.29) is 5.97 Å². The monoisotopic (exact) mass is 260 g/mol. The smallest absolute Gasteiger partial charge is 0.341 e. The summed E-state index contributed by atoms with van der Waals surface area (Å²) in [7, 11) is 0. The highest BCUT2D eigenvalue weighted by Gasteiger charge is 2.76. The van der Waals surface area contributed by atoms with Crippen LogP contribution in [-0.4, -0.2) is 18.2 Å². The molecule has 0 aromatic heterocycles. The van der Waals surface area contributed by atoms with E-state index in [2.05, 4.69) is 31.2 Å². The first kappa shape index (κ1) is 12.7. The van der Waals surface area contributed by atoms with E-state index in [0.29, 0.717) is 6.61 Å². The van der Waals surface area contributed by atoms with Crippen LogP contribution >= 0.6 is 0 Å². The molecule has 1 saturated heterocycles. The second-order valence-corrected chi connectivity index (χ2v) is 5.55. The van der Waals surface area contributed by atoms with Gasteiger partial charge in [0, 0.05) is 0 Å². The standard InChI is InChI=1S/C16H20O3/c1-3-18-14(17)16-11-5-4-10-15(16,19-16)13-8-6-12(2)7-9-13/h6-9H,3-5,10-11H2,1-2H3. The molecule has 2 unspecified atom stereocenters. The van der Waals surface area contributed by atoms with Gasteiger partial charge in [-0.25, -0.2) is 4.79 Å². The van der Waals surface area contributed by atoms with Crippen molar-refractivity contribution in [3.05, 3.63) is 35.4 Å². The summed E-state index contributed by atoms with van der Waals surface area (Å²) >= 11 is 0. The van der Waals surface area contributed by atoms with Gasteiger partial charge < -0.3 is 9.47 Å². The highest BCUT2D eigenvalue weighted by atomic mass is 16.7. The molecule has 1 heterocycles. The van der Waals surface area contributed by atoms with Crippen molar-refractivity contribution in [1.29, 1.82) is 0 Å². The summed E-state index contributed by atoms with van der Waals surface area (Å²) in [4.78, 5) is 12.3. The van der Waals surface area contributed by atoms with Gasteiger partial charge in [-0.3, -0.25) is 0 Å². The molecule has 0 radical (unpaired) electrons. The van der Waals surface area contributed by atoms with Crippen LogP contribution in [0.4, 0.5) is 0 Å². The number of carbonyl (C=O) groups is 1. The van der Waals surface area contributed by atoms with E-state index in [1.165, 1.54) is 5.56 Å². The summed E-state index contributed by atoms with van der Waals surface area (Å²) < 4.78 is 11.3. The highest BCUT2D eigenvalue weighted by molar-refractivity contribution is 5.85. The van der Waals surface area contributed by atoms with Gasteiger partial charge in [-0.2, -0.15) is 0 Å². The Kier molecular flexibility index (Phi) is 2.90. The number of aryl methyl sites for hydroxylation is 1. The van der Waals surface area contributed by atoms with Crippen molar-refractivity contribution in [2.45, 2.75) is 50.7 Å². The van der Waals surface area contributed by atoms with Gasteiger partial charge in [-0.15, -0.1) is 0 Å². The van der Waals surface area contributed by atoms with Crippen molar-refractivity contribution >= 4 is 5.97 Å². The number of fused-ring (bicyclic) bond motifs is 1. The van der Waals surface area contributed by atoms with E-state index in [0.717, 1.165) is 31.2 Å². The van der Waals surface area contributed by atoms with Gasteiger partial charge in [-0.05, 0) is 45.1 Å². The van der Waals surface area contributed by atoms with Crippen LogP contribution in [0.1, 0.15) is 43.7 Å². The summed E-state index contributed by atoms with van der Waals surface area (Å²) in [5.41, 5.74) is 1.20. The van der Waals surface area contributed by atoms with Crippen molar-refractivity contribution in [3.63, 3.8) is 0 Å². The third-order valence-corrected chi connectivity index (χ3v) is 4.39. The summed E-state index contributed by atoms with van der Waals surface area (Å²) in [6.07, 6.45) is 3.83. The molecule has 1 saturated carbocycles. The SMILES string of the molecule is CCOC(=O)C12CCCCC1(c1ccc(C)cc1)O2. The van der Waals surface area contributed by atoms with Crippen LogP contribution in [0.5, 0.6) is 0 Å². The number of epoxide rings is 1. The maximum atomic E-state index is 12.3. The van der Waals surface area contributed by atoms with Crippen LogP contribution in [0, 0.1) is 6.92 Å². The average molecular weight is 260 g/mol. The largest absolute Gasteiger partial charge is 0.464 e. The van der Waals surface area contributed by atoms with Crippen LogP contribution in [0.15, 0.2) is 24.3 Å². The zero-order chi connectivity index (χ0) is 13.5. The fourth-order valence-electron chi connectivity index (χ4n) is 3.34. The van der Waals surface area contributed by atoms with Gasteiger partial charge in [0.15, 0.2) is 5.60 Å². The molecule has 1 aromatic rings. The van der Waals surface area contributed by atoms with Crippen molar-refractivity contribution in [2.24, 2.45) is 0 Å². The molecule has 0 amide bonds. The van der Waals surface area contributed by atoms with Crippen molar-refractivity contribution in [2.75, 3.05) is 6.61 Å². The molecule has 0 N–H and O–H groups in total. The molecule has 2 aliphatic rings. The molecule has 1 aliphatic heterocycles. The van der Waals surface area contributed by atoms with E-state index < -0.39 is 11.2 Å². The van der Waals surface area contributed by atoms with E-state index in [4.69, 9.17) is 9.47 Å². The zero-order valence-corrected chi connectivity index (χ0v) is 11.6. The number of hydrogen-bond donors (Lipinski definition) is 0. The Morgan fingerprint density at radius 2 is 1.95 bits per heavy atom. The summed E-state index contributed by atoms with van der Waals surface area (Å²) in [5, 5.41) is 0. The fraction of sp³-hybridized carbons (Fsp3) is 0.562.